The number of phosphoric acid groups is 3. The van der Waals surface area contributed by atoms with Gasteiger partial charge in [0.1, 0.15) is 23.7 Å². The van der Waals surface area contributed by atoms with E-state index >= 15 is 0 Å². The summed E-state index contributed by atoms with van der Waals surface area (Å²) < 4.78 is 58.2. The standard InChI is InChI=1S/C32H42N5O16P3/c1-18-11-29(40)51-25-13-23-21(12-22(18)25)19(2)15-32(3,4)37(23)10-6-8-27(39)34-9-5-7-20-16-36(31(41)35-30(20)33)28-14-24(38)26(50-28)17-49-55(45,46)53-56(47,48)52-54(42,43)44/h11-13,16,19,24,26,28,38H,6,8-10,14-15,17H2,1-4H3,(H,34,39)(H,45,46)(H,47,48)(H2,33,35,41)(H2,42,43,44)/t19?,24-,26+,28+/m0/s1. The third-order valence-electron chi connectivity index (χ3n) is 9.15. The number of aliphatic hydroxyl groups is 1. The van der Waals surface area contributed by atoms with Crippen molar-refractivity contribution < 1.29 is 65.5 Å². The molecule has 21 nitrogen and oxygen atoms in total. The van der Waals surface area contributed by atoms with Crippen LogP contribution in [0.3, 0.4) is 0 Å². The van der Waals surface area contributed by atoms with Crippen LogP contribution in [-0.4, -0.2) is 77.6 Å². The number of benzene rings is 1. The van der Waals surface area contributed by atoms with Gasteiger partial charge in [0.25, 0.3) is 0 Å². The quantitative estimate of drug-likeness (QED) is 0.0737. The summed E-state index contributed by atoms with van der Waals surface area (Å²) in [5.74, 6) is 5.25. The highest BCUT2D eigenvalue weighted by Crippen LogP contribution is 2.66. The Bertz CT molecular complexity index is 2330. The van der Waals surface area contributed by atoms with Crippen molar-refractivity contribution >= 4 is 51.8 Å². The van der Waals surface area contributed by atoms with Gasteiger partial charge in [-0.1, -0.05) is 18.8 Å². The Balaban J connectivity index is 1.16. The van der Waals surface area contributed by atoms with E-state index in [0.29, 0.717) is 18.5 Å². The molecular formula is C32H42N5O16P3. The lowest BCUT2D eigenvalue weighted by Gasteiger charge is -2.47. The molecule has 0 bridgehead atoms. The van der Waals surface area contributed by atoms with Crippen molar-refractivity contribution in [3.63, 3.8) is 0 Å². The van der Waals surface area contributed by atoms with Gasteiger partial charge in [-0.15, -0.1) is 0 Å². The molecule has 3 aromatic rings. The topological polar surface area (TPSA) is 313 Å². The molecule has 24 heteroatoms. The van der Waals surface area contributed by atoms with Crippen molar-refractivity contribution in [3.05, 3.63) is 62.0 Å². The van der Waals surface area contributed by atoms with E-state index in [1.807, 2.05) is 13.0 Å². The summed E-state index contributed by atoms with van der Waals surface area (Å²) in [5, 5.41) is 14.0. The van der Waals surface area contributed by atoms with Crippen LogP contribution in [0.15, 0.2) is 38.4 Å². The van der Waals surface area contributed by atoms with Gasteiger partial charge in [0.15, 0.2) is 0 Å². The average Bonchev–Trinajstić information content (AvgIpc) is 3.41. The van der Waals surface area contributed by atoms with Gasteiger partial charge in [-0.2, -0.15) is 13.6 Å². The van der Waals surface area contributed by atoms with Crippen LogP contribution in [0.5, 0.6) is 0 Å². The number of fused-ring (bicyclic) bond motifs is 2. The molecule has 8 N–H and O–H groups in total. The van der Waals surface area contributed by atoms with E-state index in [-0.39, 0.29) is 48.1 Å². The Labute approximate surface area is 319 Å². The Kier molecular flexibility index (Phi) is 12.9. The van der Waals surface area contributed by atoms with Crippen molar-refractivity contribution in [2.24, 2.45) is 0 Å². The number of hydrogen-bond acceptors (Lipinski definition) is 15. The summed E-state index contributed by atoms with van der Waals surface area (Å²) in [4.78, 5) is 79.7. The van der Waals surface area contributed by atoms with Gasteiger partial charge in [-0.05, 0) is 56.7 Å². The maximum Gasteiger partial charge on any atom is 0.490 e. The summed E-state index contributed by atoms with van der Waals surface area (Å²) >= 11 is 0. The lowest BCUT2D eigenvalue weighted by molar-refractivity contribution is -0.120. The number of anilines is 2. The molecule has 1 fully saturated rings. The molecule has 2 aliphatic heterocycles. The third-order valence-corrected chi connectivity index (χ3v) is 13.0. The number of carbonyl (C=O) groups is 1. The fourth-order valence-electron chi connectivity index (χ4n) is 6.78. The molecule has 2 aliphatic rings. The number of carbonyl (C=O) groups excluding carboxylic acids is 1. The van der Waals surface area contributed by atoms with E-state index in [1.165, 1.54) is 12.3 Å². The number of aromatic nitrogens is 2. The average molecular weight is 846 g/mol. The van der Waals surface area contributed by atoms with Gasteiger partial charge in [-0.25, -0.2) is 23.3 Å². The molecule has 0 radical (unpaired) electrons. The Hall–Kier alpha value is -3.73. The van der Waals surface area contributed by atoms with E-state index in [1.54, 1.807) is 0 Å². The smallest absolute Gasteiger partial charge is 0.423 e. The van der Waals surface area contributed by atoms with Gasteiger partial charge >= 0.3 is 34.8 Å². The molecule has 6 atom stereocenters. The lowest BCUT2D eigenvalue weighted by Crippen LogP contribution is -2.49. The molecular weight excluding hydrogens is 803 g/mol. The summed E-state index contributed by atoms with van der Waals surface area (Å²) in [5.41, 5.74) is 7.89. The van der Waals surface area contributed by atoms with E-state index in [4.69, 9.17) is 24.7 Å². The molecule has 0 aliphatic carbocycles. The second-order valence-electron chi connectivity index (χ2n) is 14.0. The lowest BCUT2D eigenvalue weighted by atomic mass is 9.79. The Morgan fingerprint density at radius 1 is 1.12 bits per heavy atom. The highest BCUT2D eigenvalue weighted by molar-refractivity contribution is 7.66. The second-order valence-corrected chi connectivity index (χ2v) is 18.4. The summed E-state index contributed by atoms with van der Waals surface area (Å²) in [7, 11) is -16.8. The highest BCUT2D eigenvalue weighted by Gasteiger charge is 2.43. The number of nitrogen functional groups attached to an aromatic ring is 1. The molecule has 1 saturated heterocycles. The number of ether oxygens (including phenoxy) is 1. The number of nitrogens with one attached hydrogen (secondary N) is 1. The first-order valence-corrected chi connectivity index (χ1v) is 21.6. The first-order valence-electron chi connectivity index (χ1n) is 17.1. The van der Waals surface area contributed by atoms with Crippen LogP contribution < -0.4 is 27.3 Å². The number of phosphoric ester groups is 1. The monoisotopic (exact) mass is 845 g/mol. The molecule has 0 saturated carbocycles. The Morgan fingerprint density at radius 2 is 1.84 bits per heavy atom. The highest BCUT2D eigenvalue weighted by atomic mass is 31.3. The van der Waals surface area contributed by atoms with Gasteiger partial charge < -0.3 is 49.8 Å². The number of amides is 1. The minimum absolute atomic E-state index is 0.0708. The SMILES string of the molecule is Cc1cc(=O)oc2cc3c(cc12)C(C)CC(C)(C)N3CCCC(=O)NCC#Cc1cn([C@H]2C[C@H](O)[C@@H](COP(=O)(O)OP(=O)(O)OP(=O)(O)O)O2)c(=O)nc1N. The minimum atomic E-state index is -5.76. The number of aliphatic hydroxyl groups excluding tert-OH is 1. The van der Waals surface area contributed by atoms with E-state index in [2.05, 4.69) is 67.0 Å². The van der Waals surface area contributed by atoms with Crippen molar-refractivity contribution in [1.29, 1.82) is 0 Å². The van der Waals surface area contributed by atoms with Crippen LogP contribution in [0, 0.1) is 18.8 Å². The third kappa shape index (κ3) is 10.8. The van der Waals surface area contributed by atoms with Gasteiger partial charge in [0, 0.05) is 54.3 Å². The van der Waals surface area contributed by atoms with Crippen LogP contribution in [-0.2, 0) is 36.4 Å². The molecule has 3 unspecified atom stereocenters. The first kappa shape index (κ1) is 43.4. The number of aryl methyl sites for hydroxylation is 1. The predicted molar refractivity (Wildman–Crippen MR) is 198 cm³/mol. The maximum absolute atomic E-state index is 12.8. The molecule has 5 rings (SSSR count). The van der Waals surface area contributed by atoms with E-state index in [0.717, 1.165) is 33.2 Å². The van der Waals surface area contributed by atoms with Gasteiger partial charge in [-0.3, -0.25) is 13.9 Å². The number of hydrogen-bond donors (Lipinski definition) is 7. The van der Waals surface area contributed by atoms with Crippen molar-refractivity contribution in [2.75, 3.05) is 30.3 Å². The largest absolute Gasteiger partial charge is 0.490 e. The zero-order chi connectivity index (χ0) is 41.4. The van der Waals surface area contributed by atoms with E-state index in [9.17, 15) is 43.0 Å². The van der Waals surface area contributed by atoms with Gasteiger partial charge in [0.2, 0.25) is 5.91 Å². The molecule has 1 aromatic carbocycles. The number of rotatable bonds is 13. The van der Waals surface area contributed by atoms with Crippen LogP contribution in [0.4, 0.5) is 11.5 Å². The van der Waals surface area contributed by atoms with Crippen molar-refractivity contribution in [2.45, 2.75) is 83.3 Å². The summed E-state index contributed by atoms with van der Waals surface area (Å²) in [6.45, 7) is 7.88. The molecule has 2 aromatic heterocycles. The minimum Gasteiger partial charge on any atom is -0.423 e. The predicted octanol–water partition coefficient (Wildman–Crippen LogP) is 2.27. The van der Waals surface area contributed by atoms with Crippen LogP contribution >= 0.6 is 23.5 Å². The molecule has 56 heavy (non-hydrogen) atoms. The summed E-state index contributed by atoms with van der Waals surface area (Å²) in [6.07, 6.45) is -1.47. The van der Waals surface area contributed by atoms with Crippen molar-refractivity contribution in [1.82, 2.24) is 14.9 Å². The van der Waals surface area contributed by atoms with E-state index < -0.39 is 59.8 Å². The zero-order valence-corrected chi connectivity index (χ0v) is 33.2. The van der Waals surface area contributed by atoms with Crippen LogP contribution in [0.2, 0.25) is 0 Å². The second kappa shape index (κ2) is 16.6. The molecule has 1 amide bonds. The number of nitrogens with two attached hydrogens (primary N) is 1. The van der Waals surface area contributed by atoms with Crippen molar-refractivity contribution in [3.8, 4) is 11.8 Å². The maximum atomic E-state index is 12.8. The molecule has 0 spiro atoms. The molecule has 306 valence electrons. The zero-order valence-electron chi connectivity index (χ0n) is 30.6. The fraction of sp³-hybridized carbons (Fsp3) is 0.500. The van der Waals surface area contributed by atoms with Crippen LogP contribution in [0.25, 0.3) is 11.0 Å². The normalized spacial score (nSPS) is 22.8. The fourth-order valence-corrected chi connectivity index (χ4v) is 9.81. The van der Waals surface area contributed by atoms with Crippen LogP contribution in [0.1, 0.15) is 75.3 Å². The van der Waals surface area contributed by atoms with Gasteiger partial charge in [0.05, 0.1) is 24.8 Å². The molecule has 4 heterocycles. The summed E-state index contributed by atoms with van der Waals surface area (Å²) in [6, 6.07) is 5.47. The Morgan fingerprint density at radius 3 is 2.54 bits per heavy atom. The number of nitrogens with zero attached hydrogens (tertiary/aromatic N) is 3. The first-order chi connectivity index (χ1) is 25.9.